The van der Waals surface area contributed by atoms with Crippen LogP contribution in [0.4, 0.5) is 0 Å². The average molecular weight is 381 g/mol. The Hall–Kier alpha value is -2.91. The van der Waals surface area contributed by atoms with Gasteiger partial charge in [-0.1, -0.05) is 48.0 Å². The van der Waals surface area contributed by atoms with Crippen molar-refractivity contribution in [2.24, 2.45) is 0 Å². The van der Waals surface area contributed by atoms with E-state index in [2.05, 4.69) is 0 Å². The molecule has 0 fully saturated rings. The average Bonchev–Trinajstić information content (AvgIpc) is 2.74. The highest BCUT2D eigenvalue weighted by molar-refractivity contribution is 6.53. The lowest BCUT2D eigenvalue weighted by Gasteiger charge is -2.18. The zero-order chi connectivity index (χ0) is 19.2. The molecular formula is C23H21ClO3. The maximum absolute atomic E-state index is 6.92. The van der Waals surface area contributed by atoms with E-state index in [1.165, 1.54) is 0 Å². The lowest BCUT2D eigenvalue weighted by atomic mass is 9.94. The van der Waals surface area contributed by atoms with Crippen LogP contribution in [-0.4, -0.2) is 21.3 Å². The Balaban J connectivity index is 2.29. The first-order chi connectivity index (χ1) is 13.2. The van der Waals surface area contributed by atoms with Gasteiger partial charge in [0.25, 0.3) is 0 Å². The fourth-order valence-corrected chi connectivity index (χ4v) is 3.30. The van der Waals surface area contributed by atoms with Crippen LogP contribution in [-0.2, 0) is 0 Å². The molecule has 0 bridgehead atoms. The molecule has 0 amide bonds. The number of rotatable bonds is 6. The zero-order valence-electron chi connectivity index (χ0n) is 15.5. The largest absolute Gasteiger partial charge is 0.497 e. The van der Waals surface area contributed by atoms with E-state index in [1.807, 2.05) is 72.8 Å². The van der Waals surface area contributed by atoms with Gasteiger partial charge < -0.3 is 14.2 Å². The standard InChI is InChI=1S/C23H21ClO3/c1-25-17-14-12-16(13-15-17)23(24)22(18-8-4-6-10-20(18)26-2)19-9-5-7-11-21(19)27-3/h4-15H,1-3H3. The Morgan fingerprint density at radius 2 is 1.11 bits per heavy atom. The summed E-state index contributed by atoms with van der Waals surface area (Å²) in [4.78, 5) is 0. The lowest BCUT2D eigenvalue weighted by Crippen LogP contribution is -1.98. The smallest absolute Gasteiger partial charge is 0.126 e. The summed E-state index contributed by atoms with van der Waals surface area (Å²) in [7, 11) is 4.95. The summed E-state index contributed by atoms with van der Waals surface area (Å²) in [6.45, 7) is 0. The fraction of sp³-hybridized carbons (Fsp3) is 0.130. The quantitative estimate of drug-likeness (QED) is 0.501. The van der Waals surface area contributed by atoms with Crippen molar-refractivity contribution in [3.63, 3.8) is 0 Å². The summed E-state index contributed by atoms with van der Waals surface area (Å²) in [6.07, 6.45) is 0. The van der Waals surface area contributed by atoms with E-state index in [0.29, 0.717) is 5.03 Å². The van der Waals surface area contributed by atoms with Crippen molar-refractivity contribution >= 4 is 22.2 Å². The highest BCUT2D eigenvalue weighted by Gasteiger charge is 2.19. The summed E-state index contributed by atoms with van der Waals surface area (Å²) in [5.74, 6) is 2.26. The number of benzene rings is 3. The molecule has 0 saturated carbocycles. The van der Waals surface area contributed by atoms with Crippen molar-refractivity contribution in [1.29, 1.82) is 0 Å². The molecule has 0 heterocycles. The van der Waals surface area contributed by atoms with Crippen molar-refractivity contribution in [2.75, 3.05) is 21.3 Å². The first-order valence-electron chi connectivity index (χ1n) is 8.50. The summed E-state index contributed by atoms with van der Waals surface area (Å²) in [5.41, 5.74) is 3.51. The molecule has 0 unspecified atom stereocenters. The van der Waals surface area contributed by atoms with Crippen molar-refractivity contribution in [1.82, 2.24) is 0 Å². The predicted molar refractivity (Wildman–Crippen MR) is 111 cm³/mol. The van der Waals surface area contributed by atoms with Gasteiger partial charge >= 0.3 is 0 Å². The molecule has 0 aliphatic heterocycles. The molecule has 3 aromatic rings. The molecule has 27 heavy (non-hydrogen) atoms. The molecule has 0 aromatic heterocycles. The van der Waals surface area contributed by atoms with Gasteiger partial charge in [-0.25, -0.2) is 0 Å². The van der Waals surface area contributed by atoms with Crippen LogP contribution in [0.2, 0.25) is 0 Å². The molecule has 3 rings (SSSR count). The second-order valence-corrected chi connectivity index (χ2v) is 6.20. The molecule has 4 heteroatoms. The van der Waals surface area contributed by atoms with E-state index >= 15 is 0 Å². The minimum Gasteiger partial charge on any atom is -0.497 e. The Labute approximate surface area is 164 Å². The number of hydrogen-bond acceptors (Lipinski definition) is 3. The maximum Gasteiger partial charge on any atom is 0.126 e. The number of methoxy groups -OCH3 is 3. The van der Waals surface area contributed by atoms with Crippen molar-refractivity contribution in [3.05, 3.63) is 89.5 Å². The van der Waals surface area contributed by atoms with Crippen molar-refractivity contribution < 1.29 is 14.2 Å². The van der Waals surface area contributed by atoms with Crippen molar-refractivity contribution in [2.45, 2.75) is 0 Å². The second kappa shape index (κ2) is 8.65. The Kier molecular flexibility index (Phi) is 6.05. The normalized spacial score (nSPS) is 10.2. The van der Waals surface area contributed by atoms with Gasteiger partial charge in [0.15, 0.2) is 0 Å². The van der Waals surface area contributed by atoms with E-state index in [4.69, 9.17) is 25.8 Å². The Bertz CT molecular complexity index is 896. The van der Waals surface area contributed by atoms with E-state index in [0.717, 1.165) is 39.5 Å². The van der Waals surface area contributed by atoms with Gasteiger partial charge in [-0.05, 0) is 42.0 Å². The van der Waals surface area contributed by atoms with Crippen LogP contribution in [0.1, 0.15) is 16.7 Å². The molecule has 0 N–H and O–H groups in total. The van der Waals surface area contributed by atoms with Crippen LogP contribution >= 0.6 is 11.6 Å². The molecular weight excluding hydrogens is 360 g/mol. The fourth-order valence-electron chi connectivity index (χ4n) is 2.97. The highest BCUT2D eigenvalue weighted by atomic mass is 35.5. The minimum atomic E-state index is 0.603. The SMILES string of the molecule is COc1ccc(C(Cl)=C(c2ccccc2OC)c2ccccc2OC)cc1. The van der Waals surface area contributed by atoms with Crippen LogP contribution < -0.4 is 14.2 Å². The topological polar surface area (TPSA) is 27.7 Å². The van der Waals surface area contributed by atoms with Crippen LogP contribution in [0, 0.1) is 0 Å². The molecule has 0 saturated heterocycles. The van der Waals surface area contributed by atoms with Gasteiger partial charge in [-0.2, -0.15) is 0 Å². The van der Waals surface area contributed by atoms with Gasteiger partial charge in [-0.15, -0.1) is 0 Å². The third kappa shape index (κ3) is 3.93. The van der Waals surface area contributed by atoms with E-state index < -0.39 is 0 Å². The monoisotopic (exact) mass is 380 g/mol. The van der Waals surface area contributed by atoms with Gasteiger partial charge in [0.2, 0.25) is 0 Å². The van der Waals surface area contributed by atoms with E-state index in [1.54, 1.807) is 21.3 Å². The first-order valence-corrected chi connectivity index (χ1v) is 8.88. The number of halogens is 1. The first kappa shape index (κ1) is 18.9. The number of ether oxygens (including phenoxy) is 3. The maximum atomic E-state index is 6.92. The predicted octanol–water partition coefficient (Wildman–Crippen LogP) is 5.87. The highest BCUT2D eigenvalue weighted by Crippen LogP contribution is 2.42. The summed E-state index contributed by atoms with van der Waals surface area (Å²) in [5, 5.41) is 0.603. The molecule has 138 valence electrons. The molecule has 0 atom stereocenters. The van der Waals surface area contributed by atoms with Gasteiger partial charge in [-0.3, -0.25) is 0 Å². The van der Waals surface area contributed by atoms with Crippen LogP contribution in [0.3, 0.4) is 0 Å². The van der Waals surface area contributed by atoms with Gasteiger partial charge in [0.1, 0.15) is 17.2 Å². The third-order valence-electron chi connectivity index (χ3n) is 4.32. The van der Waals surface area contributed by atoms with Gasteiger partial charge in [0.05, 0.1) is 26.4 Å². The molecule has 3 aromatic carbocycles. The molecule has 0 aliphatic carbocycles. The van der Waals surface area contributed by atoms with Crippen LogP contribution in [0.5, 0.6) is 17.2 Å². The van der Waals surface area contributed by atoms with Crippen LogP contribution in [0.15, 0.2) is 72.8 Å². The third-order valence-corrected chi connectivity index (χ3v) is 4.72. The summed E-state index contributed by atoms with van der Waals surface area (Å²) >= 11 is 6.92. The Morgan fingerprint density at radius 1 is 0.630 bits per heavy atom. The molecule has 0 radical (unpaired) electrons. The Morgan fingerprint density at radius 3 is 1.56 bits per heavy atom. The zero-order valence-corrected chi connectivity index (χ0v) is 16.3. The van der Waals surface area contributed by atoms with E-state index in [9.17, 15) is 0 Å². The van der Waals surface area contributed by atoms with Crippen molar-refractivity contribution in [3.8, 4) is 17.2 Å². The molecule has 0 aliphatic rings. The second-order valence-electron chi connectivity index (χ2n) is 5.82. The molecule has 3 nitrogen and oxygen atoms in total. The molecule has 0 spiro atoms. The summed E-state index contributed by atoms with van der Waals surface area (Å²) in [6, 6.07) is 23.3. The number of para-hydroxylation sites is 2. The van der Waals surface area contributed by atoms with Crippen LogP contribution in [0.25, 0.3) is 10.6 Å². The van der Waals surface area contributed by atoms with E-state index in [-0.39, 0.29) is 0 Å². The number of hydrogen-bond donors (Lipinski definition) is 0. The summed E-state index contributed by atoms with van der Waals surface area (Å²) < 4.78 is 16.4. The lowest BCUT2D eigenvalue weighted by molar-refractivity contribution is 0.411. The van der Waals surface area contributed by atoms with Gasteiger partial charge in [0, 0.05) is 16.7 Å². The minimum absolute atomic E-state index is 0.603.